The van der Waals surface area contributed by atoms with Crippen LogP contribution >= 0.6 is 0 Å². The van der Waals surface area contributed by atoms with Crippen molar-refractivity contribution in [2.75, 3.05) is 33.2 Å². The summed E-state index contributed by atoms with van der Waals surface area (Å²) < 4.78 is 28.1. The Bertz CT molecular complexity index is 695. The monoisotopic (exact) mass is 367 g/mol. The molecule has 1 N–H and O–H groups in total. The van der Waals surface area contributed by atoms with Gasteiger partial charge in [-0.05, 0) is 44.0 Å². The lowest BCUT2D eigenvalue weighted by Crippen LogP contribution is -2.54. The van der Waals surface area contributed by atoms with E-state index in [9.17, 15) is 13.2 Å². The van der Waals surface area contributed by atoms with Crippen LogP contribution in [0.4, 0.5) is 0 Å². The van der Waals surface area contributed by atoms with Crippen molar-refractivity contribution in [2.45, 2.75) is 38.1 Å². The van der Waals surface area contributed by atoms with Gasteiger partial charge in [-0.2, -0.15) is 4.72 Å². The fraction of sp³-hybridized carbons (Fsp3) is 0.611. The smallest absolute Gasteiger partial charge is 0.241 e. The molecule has 1 aliphatic rings. The van der Waals surface area contributed by atoms with Crippen molar-refractivity contribution < 1.29 is 13.2 Å². The maximum atomic E-state index is 12.9. The Morgan fingerprint density at radius 3 is 2.40 bits per heavy atom. The molecule has 1 fully saturated rings. The molecule has 1 aromatic carbocycles. The van der Waals surface area contributed by atoms with Crippen LogP contribution in [0.2, 0.25) is 0 Å². The first-order chi connectivity index (χ1) is 11.7. The topological polar surface area (TPSA) is 69.7 Å². The molecule has 25 heavy (non-hydrogen) atoms. The molecule has 0 saturated carbocycles. The predicted octanol–water partition coefficient (Wildman–Crippen LogP) is 1.46. The number of carbonyl (C=O) groups excluding carboxylic acids is 1. The summed E-state index contributed by atoms with van der Waals surface area (Å²) in [5.74, 6) is 0.0830. The molecular formula is C18H29N3O3S. The van der Waals surface area contributed by atoms with Crippen LogP contribution in [0.3, 0.4) is 0 Å². The molecule has 0 unspecified atom stereocenters. The average Bonchev–Trinajstić information content (AvgIpc) is 2.53. The fourth-order valence-corrected chi connectivity index (χ4v) is 4.26. The summed E-state index contributed by atoms with van der Waals surface area (Å²) in [6.45, 7) is 8.72. The number of sulfonamides is 1. The van der Waals surface area contributed by atoms with Crippen molar-refractivity contribution in [1.29, 1.82) is 0 Å². The molecule has 1 aromatic rings. The number of piperazine rings is 1. The molecule has 0 radical (unpaired) electrons. The minimum atomic E-state index is -3.73. The van der Waals surface area contributed by atoms with E-state index in [1.807, 2.05) is 33.9 Å². The molecule has 7 heteroatoms. The van der Waals surface area contributed by atoms with Gasteiger partial charge >= 0.3 is 0 Å². The van der Waals surface area contributed by atoms with Crippen molar-refractivity contribution in [3.05, 3.63) is 29.8 Å². The van der Waals surface area contributed by atoms with Crippen molar-refractivity contribution >= 4 is 15.9 Å². The predicted molar refractivity (Wildman–Crippen MR) is 98.8 cm³/mol. The second-order valence-electron chi connectivity index (χ2n) is 7.25. The summed E-state index contributed by atoms with van der Waals surface area (Å²) >= 11 is 0. The second kappa shape index (κ2) is 8.29. The Kier molecular flexibility index (Phi) is 6.59. The SMILES string of the molecule is Cc1cccc(S(=O)(=O)N[C@@H](CC(C)C)C(=O)N2CCN(C)CC2)c1. The van der Waals surface area contributed by atoms with Crippen LogP contribution in [-0.4, -0.2) is 63.4 Å². The first-order valence-electron chi connectivity index (χ1n) is 8.75. The molecule has 0 bridgehead atoms. The largest absolute Gasteiger partial charge is 0.339 e. The second-order valence-corrected chi connectivity index (χ2v) is 8.96. The number of aryl methyl sites for hydroxylation is 1. The highest BCUT2D eigenvalue weighted by Crippen LogP contribution is 2.16. The zero-order valence-electron chi connectivity index (χ0n) is 15.5. The molecule has 140 valence electrons. The van der Waals surface area contributed by atoms with Gasteiger partial charge in [0.25, 0.3) is 0 Å². The number of carbonyl (C=O) groups is 1. The van der Waals surface area contributed by atoms with E-state index in [0.29, 0.717) is 19.5 Å². The van der Waals surface area contributed by atoms with E-state index in [-0.39, 0.29) is 16.7 Å². The number of hydrogen-bond acceptors (Lipinski definition) is 4. The summed E-state index contributed by atoms with van der Waals surface area (Å²) in [5, 5.41) is 0. The molecule has 1 amide bonds. The number of likely N-dealkylation sites (N-methyl/N-ethyl adjacent to an activating group) is 1. The van der Waals surface area contributed by atoms with Crippen LogP contribution < -0.4 is 4.72 Å². The van der Waals surface area contributed by atoms with Crippen molar-refractivity contribution in [2.24, 2.45) is 5.92 Å². The van der Waals surface area contributed by atoms with Gasteiger partial charge in [0, 0.05) is 26.2 Å². The van der Waals surface area contributed by atoms with Gasteiger partial charge in [-0.15, -0.1) is 0 Å². The quantitative estimate of drug-likeness (QED) is 0.826. The summed E-state index contributed by atoms with van der Waals surface area (Å²) in [5.41, 5.74) is 0.869. The van der Waals surface area contributed by atoms with Crippen molar-refractivity contribution in [3.8, 4) is 0 Å². The summed E-state index contributed by atoms with van der Waals surface area (Å²) in [6.07, 6.45) is 0.482. The van der Waals surface area contributed by atoms with E-state index in [1.54, 1.807) is 23.1 Å². The molecule has 0 aromatic heterocycles. The van der Waals surface area contributed by atoms with Gasteiger partial charge in [-0.1, -0.05) is 26.0 Å². The molecule has 6 nitrogen and oxygen atoms in total. The number of nitrogens with zero attached hydrogens (tertiary/aromatic N) is 2. The van der Waals surface area contributed by atoms with Crippen molar-refractivity contribution in [3.63, 3.8) is 0 Å². The number of hydrogen-bond donors (Lipinski definition) is 1. The molecule has 0 aliphatic carbocycles. The van der Waals surface area contributed by atoms with Crippen LogP contribution in [0, 0.1) is 12.8 Å². The zero-order valence-corrected chi connectivity index (χ0v) is 16.3. The first-order valence-corrected chi connectivity index (χ1v) is 10.2. The van der Waals surface area contributed by atoms with E-state index >= 15 is 0 Å². The number of amides is 1. The molecule has 1 saturated heterocycles. The fourth-order valence-electron chi connectivity index (χ4n) is 2.96. The number of rotatable bonds is 6. The number of nitrogens with one attached hydrogen (secondary N) is 1. The van der Waals surface area contributed by atoms with Crippen molar-refractivity contribution in [1.82, 2.24) is 14.5 Å². The Morgan fingerprint density at radius 2 is 1.84 bits per heavy atom. The Hall–Kier alpha value is -1.44. The Morgan fingerprint density at radius 1 is 1.20 bits per heavy atom. The van der Waals surface area contributed by atoms with Gasteiger partial charge in [0.05, 0.1) is 4.90 Å². The standard InChI is InChI=1S/C18H29N3O3S/c1-14(2)12-17(18(22)21-10-8-20(4)9-11-21)19-25(23,24)16-7-5-6-15(3)13-16/h5-7,13-14,17,19H,8-12H2,1-4H3/t17-/m0/s1. The van der Waals surface area contributed by atoms with Crippen LogP contribution in [0.15, 0.2) is 29.2 Å². The van der Waals surface area contributed by atoms with Gasteiger partial charge in [0.2, 0.25) is 15.9 Å². The van der Waals surface area contributed by atoms with Crippen LogP contribution in [0.25, 0.3) is 0 Å². The van der Waals surface area contributed by atoms with Gasteiger partial charge in [0.1, 0.15) is 6.04 Å². The number of benzene rings is 1. The third kappa shape index (κ3) is 5.52. The summed E-state index contributed by atoms with van der Waals surface area (Å²) in [4.78, 5) is 17.0. The maximum Gasteiger partial charge on any atom is 0.241 e. The van der Waals surface area contributed by atoms with E-state index < -0.39 is 16.1 Å². The average molecular weight is 368 g/mol. The Labute approximate surface area is 151 Å². The maximum absolute atomic E-state index is 12.9. The summed E-state index contributed by atoms with van der Waals surface area (Å²) in [6, 6.07) is 6.01. The molecule has 0 spiro atoms. The first kappa shape index (κ1) is 19.9. The van der Waals surface area contributed by atoms with Crippen LogP contribution in [0.1, 0.15) is 25.8 Å². The van der Waals surface area contributed by atoms with Gasteiger partial charge in [-0.25, -0.2) is 8.42 Å². The van der Waals surface area contributed by atoms with Crippen LogP contribution in [0.5, 0.6) is 0 Å². The lowest BCUT2D eigenvalue weighted by atomic mass is 10.0. The third-order valence-electron chi connectivity index (χ3n) is 4.42. The highest BCUT2D eigenvalue weighted by atomic mass is 32.2. The molecular weight excluding hydrogens is 338 g/mol. The molecule has 1 heterocycles. The molecule has 2 rings (SSSR count). The normalized spacial score (nSPS) is 17.7. The minimum absolute atomic E-state index is 0.127. The highest BCUT2D eigenvalue weighted by molar-refractivity contribution is 7.89. The van der Waals surface area contributed by atoms with Crippen LogP contribution in [-0.2, 0) is 14.8 Å². The van der Waals surface area contributed by atoms with Gasteiger partial charge < -0.3 is 9.80 Å². The minimum Gasteiger partial charge on any atom is -0.339 e. The highest BCUT2D eigenvalue weighted by Gasteiger charge is 2.31. The Balaban J connectivity index is 2.18. The van der Waals surface area contributed by atoms with E-state index in [4.69, 9.17) is 0 Å². The lowest BCUT2D eigenvalue weighted by Gasteiger charge is -2.35. The van der Waals surface area contributed by atoms with E-state index in [1.165, 1.54) is 0 Å². The van der Waals surface area contributed by atoms with E-state index in [2.05, 4.69) is 9.62 Å². The zero-order chi connectivity index (χ0) is 18.6. The van der Waals surface area contributed by atoms with Gasteiger partial charge in [-0.3, -0.25) is 4.79 Å². The molecule has 1 aliphatic heterocycles. The lowest BCUT2D eigenvalue weighted by molar-refractivity contribution is -0.135. The third-order valence-corrected chi connectivity index (χ3v) is 5.89. The molecule has 1 atom stereocenters. The summed E-state index contributed by atoms with van der Waals surface area (Å²) in [7, 11) is -1.71. The van der Waals surface area contributed by atoms with E-state index in [0.717, 1.165) is 18.7 Å². The van der Waals surface area contributed by atoms with Gasteiger partial charge in [0.15, 0.2) is 0 Å².